The van der Waals surface area contributed by atoms with E-state index in [4.69, 9.17) is 11.5 Å². The summed E-state index contributed by atoms with van der Waals surface area (Å²) in [5.41, 5.74) is 12.6. The maximum Gasteiger partial charge on any atom is 0.328 e. The molecule has 1 aromatic heterocycles. The molecule has 1 heterocycles. The van der Waals surface area contributed by atoms with Gasteiger partial charge < -0.3 is 95.4 Å². The molecule has 88 heavy (non-hydrogen) atoms. The predicted molar refractivity (Wildman–Crippen MR) is 322 cm³/mol. The average Bonchev–Trinajstić information content (AvgIpc) is 3.85. The molecule has 0 bridgehead atoms. The normalized spacial score (nSPS) is 14.9. The van der Waals surface area contributed by atoms with Gasteiger partial charge in [0.15, 0.2) is 0 Å². The number of benzene rings is 1. The van der Waals surface area contributed by atoms with E-state index in [1.54, 1.807) is 78.1 Å². The van der Waals surface area contributed by atoms with Crippen LogP contribution in [0.1, 0.15) is 91.3 Å². The minimum atomic E-state index is -1.70. The molecule has 0 fully saturated rings. The first-order chi connectivity index (χ1) is 41.7. The molecule has 0 spiro atoms. The first-order valence-electron chi connectivity index (χ1n) is 29.0. The summed E-state index contributed by atoms with van der Waals surface area (Å²) in [6.07, 6.45) is 5.37. The Labute approximate surface area is 515 Å². The standard InChI is InChI=1S/C56H91N15O16S/c1-8-32(6)46(71-44(76)25-60-47(77)36(17-19-88-7)64-52(82)40(26-72)68-53(83)41(27-73)69-54(84)45(58)31(4)5)55(85)61-24-43(75)63-35(16-12-13-18-57)48(78)66-38(21-33-14-10-9-11-15-33)50(80)65-37(20-30(2)3)49(79)67-39(22-34-23-59-29-62-34)51(81)70-42(28-74)56(86)87/h9-11,14-15,23,29-32,35-42,45-46,72-74H,8,12-13,16-22,24-28,57-58H2,1-7H3,(H,59,62)(H,60,77)(H,61,85)(H,63,75)(H,64,82)(H,65,80)(H,66,78)(H,67,79)(H,68,83)(H,69,84)(H,70,81)(H,71,76)(H,86,87). The summed E-state index contributed by atoms with van der Waals surface area (Å²) in [6.45, 7) is 6.38. The van der Waals surface area contributed by atoms with Crippen LogP contribution in [0, 0.1) is 17.8 Å². The van der Waals surface area contributed by atoms with Gasteiger partial charge in [-0.2, -0.15) is 11.8 Å². The SMILES string of the molecule is CCC(C)C(NC(=O)CNC(=O)C(CCSC)NC(=O)C(CO)NC(=O)C(CO)NC(=O)C(N)C(C)C)C(=O)NCC(=O)NC(CCCCN)C(=O)NC(Cc1ccccc1)C(=O)NC(CC(C)C)C(=O)NC(Cc1cnc[nH]1)C(=O)NC(CO)C(=O)O. The molecule has 1 aromatic carbocycles. The van der Waals surface area contributed by atoms with Crippen molar-refractivity contribution in [3.05, 3.63) is 54.1 Å². The zero-order chi connectivity index (χ0) is 66.0. The summed E-state index contributed by atoms with van der Waals surface area (Å²) < 4.78 is 0. The van der Waals surface area contributed by atoms with Gasteiger partial charge in [-0.15, -0.1) is 0 Å². The van der Waals surface area contributed by atoms with Crippen LogP contribution < -0.4 is 70.0 Å². The van der Waals surface area contributed by atoms with Crippen molar-refractivity contribution in [1.82, 2.24) is 68.5 Å². The maximum absolute atomic E-state index is 14.4. The van der Waals surface area contributed by atoms with Gasteiger partial charge in [0.05, 0.1) is 45.3 Å². The van der Waals surface area contributed by atoms with Crippen molar-refractivity contribution in [2.24, 2.45) is 29.2 Å². The fourth-order valence-corrected chi connectivity index (χ4v) is 8.84. The lowest BCUT2D eigenvalue weighted by Gasteiger charge is -2.28. The number of hydrogen-bond donors (Lipinski definition) is 18. The van der Waals surface area contributed by atoms with Crippen molar-refractivity contribution in [2.45, 2.75) is 153 Å². The number of rotatable bonds is 42. The largest absolute Gasteiger partial charge is 0.480 e. The summed E-state index contributed by atoms with van der Waals surface area (Å²) in [6, 6.07) is -5.27. The van der Waals surface area contributed by atoms with E-state index < -0.39 is 170 Å². The lowest BCUT2D eigenvalue weighted by molar-refractivity contribution is -0.143. The molecule has 20 N–H and O–H groups in total. The van der Waals surface area contributed by atoms with E-state index in [2.05, 4.69) is 68.5 Å². The molecule has 11 amide bonds. The number of aromatic amines is 1. The van der Waals surface area contributed by atoms with E-state index in [0.29, 0.717) is 36.3 Å². The Morgan fingerprint density at radius 1 is 0.568 bits per heavy atom. The van der Waals surface area contributed by atoms with Crippen molar-refractivity contribution in [3.8, 4) is 0 Å². The molecule has 0 aliphatic carbocycles. The van der Waals surface area contributed by atoms with Crippen LogP contribution in [0.25, 0.3) is 0 Å². The van der Waals surface area contributed by atoms with Crippen molar-refractivity contribution in [2.75, 3.05) is 51.5 Å². The summed E-state index contributed by atoms with van der Waals surface area (Å²) in [4.78, 5) is 167. The first kappa shape index (κ1) is 76.3. The Morgan fingerprint density at radius 3 is 1.56 bits per heavy atom. The van der Waals surface area contributed by atoms with Gasteiger partial charge in [0.25, 0.3) is 0 Å². The lowest BCUT2D eigenvalue weighted by atomic mass is 9.98. The van der Waals surface area contributed by atoms with E-state index in [9.17, 15) is 78.0 Å². The Balaban J connectivity index is 2.26. The van der Waals surface area contributed by atoms with Gasteiger partial charge in [-0.1, -0.05) is 78.3 Å². The van der Waals surface area contributed by atoms with E-state index in [0.717, 1.165) is 0 Å². The van der Waals surface area contributed by atoms with Crippen LogP contribution in [0.3, 0.4) is 0 Å². The topological polar surface area (TPSA) is 499 Å². The number of carboxylic acid groups (broad SMARTS) is 1. The quantitative estimate of drug-likeness (QED) is 0.0276. The summed E-state index contributed by atoms with van der Waals surface area (Å²) in [5, 5.41) is 66.0. The average molecular weight is 1260 g/mol. The summed E-state index contributed by atoms with van der Waals surface area (Å²) in [7, 11) is 0. The monoisotopic (exact) mass is 1260 g/mol. The number of carbonyl (C=O) groups excluding carboxylic acids is 11. The highest BCUT2D eigenvalue weighted by Gasteiger charge is 2.35. The van der Waals surface area contributed by atoms with Gasteiger partial charge in [-0.05, 0) is 74.0 Å². The number of H-pyrrole nitrogens is 1. The highest BCUT2D eigenvalue weighted by molar-refractivity contribution is 7.98. The van der Waals surface area contributed by atoms with Crippen LogP contribution in [0.2, 0.25) is 0 Å². The van der Waals surface area contributed by atoms with Gasteiger partial charge in [0, 0.05) is 24.7 Å². The molecule has 31 nitrogen and oxygen atoms in total. The molecule has 2 aromatic rings. The second-order valence-corrected chi connectivity index (χ2v) is 22.7. The lowest BCUT2D eigenvalue weighted by Crippen LogP contribution is -2.60. The Bertz CT molecular complexity index is 2580. The molecule has 492 valence electrons. The predicted octanol–water partition coefficient (Wildman–Crippen LogP) is -5.19. The molecule has 32 heteroatoms. The smallest absolute Gasteiger partial charge is 0.328 e. The second-order valence-electron chi connectivity index (χ2n) is 21.7. The number of nitrogens with two attached hydrogens (primary N) is 2. The molecular formula is C56H91N15O16S. The van der Waals surface area contributed by atoms with Crippen molar-refractivity contribution >= 4 is 82.7 Å². The van der Waals surface area contributed by atoms with Crippen LogP contribution in [-0.4, -0.2) is 213 Å². The van der Waals surface area contributed by atoms with Crippen LogP contribution in [0.15, 0.2) is 42.9 Å². The molecule has 0 saturated carbocycles. The van der Waals surface area contributed by atoms with Crippen LogP contribution in [0.5, 0.6) is 0 Å². The third-order valence-corrected chi connectivity index (χ3v) is 14.5. The van der Waals surface area contributed by atoms with E-state index in [1.807, 2.05) is 0 Å². The number of nitrogens with zero attached hydrogens (tertiary/aromatic N) is 1. The van der Waals surface area contributed by atoms with E-state index >= 15 is 0 Å². The number of aliphatic hydroxyl groups is 3. The van der Waals surface area contributed by atoms with E-state index in [1.165, 1.54) is 24.3 Å². The number of amides is 11. The van der Waals surface area contributed by atoms with Crippen molar-refractivity contribution < 1.29 is 78.0 Å². The van der Waals surface area contributed by atoms with Crippen LogP contribution >= 0.6 is 11.8 Å². The molecule has 0 aliphatic rings. The van der Waals surface area contributed by atoms with Crippen molar-refractivity contribution in [1.29, 1.82) is 0 Å². The number of thioether (sulfide) groups is 1. The molecule has 11 atom stereocenters. The maximum atomic E-state index is 14.4. The minimum absolute atomic E-state index is 0.0256. The zero-order valence-electron chi connectivity index (χ0n) is 50.9. The molecule has 11 unspecified atom stereocenters. The minimum Gasteiger partial charge on any atom is -0.480 e. The summed E-state index contributed by atoms with van der Waals surface area (Å²) in [5.74, 6) is -11.8. The number of aliphatic hydroxyl groups excluding tert-OH is 3. The number of imidazole rings is 1. The van der Waals surface area contributed by atoms with Gasteiger partial charge in [0.2, 0.25) is 65.0 Å². The molecule has 0 saturated heterocycles. The Morgan fingerprint density at radius 2 is 1.05 bits per heavy atom. The van der Waals surface area contributed by atoms with Gasteiger partial charge in [-0.3, -0.25) is 52.7 Å². The fraction of sp³-hybridized carbons (Fsp3) is 0.625. The number of unbranched alkanes of at least 4 members (excludes halogenated alkanes) is 1. The third-order valence-electron chi connectivity index (χ3n) is 13.8. The number of carbonyl (C=O) groups is 12. The third kappa shape index (κ3) is 27.5. The van der Waals surface area contributed by atoms with Gasteiger partial charge in [-0.25, -0.2) is 9.78 Å². The number of nitrogens with one attached hydrogen (secondary N) is 12. The van der Waals surface area contributed by atoms with Crippen molar-refractivity contribution in [3.63, 3.8) is 0 Å². The number of aliphatic carboxylic acids is 1. The highest BCUT2D eigenvalue weighted by Crippen LogP contribution is 2.13. The molecule has 0 aliphatic heterocycles. The number of hydrogen-bond acceptors (Lipinski definition) is 19. The van der Waals surface area contributed by atoms with Gasteiger partial charge >= 0.3 is 5.97 Å². The van der Waals surface area contributed by atoms with Crippen LogP contribution in [-0.2, 0) is 70.4 Å². The summed E-state index contributed by atoms with van der Waals surface area (Å²) >= 11 is 1.33. The first-order valence-corrected chi connectivity index (χ1v) is 30.4. The number of aromatic nitrogens is 2. The highest BCUT2D eigenvalue weighted by atomic mass is 32.2. The number of carboxylic acids is 1. The molecule has 2 rings (SSSR count). The Hall–Kier alpha value is -7.78. The fourth-order valence-electron chi connectivity index (χ4n) is 8.37. The van der Waals surface area contributed by atoms with Gasteiger partial charge in [0.1, 0.15) is 54.4 Å². The molecular weight excluding hydrogens is 1170 g/mol. The molecule has 0 radical (unpaired) electrons. The zero-order valence-corrected chi connectivity index (χ0v) is 51.7. The van der Waals surface area contributed by atoms with Crippen LogP contribution in [0.4, 0.5) is 0 Å². The second kappa shape index (κ2) is 40.6. The van der Waals surface area contributed by atoms with E-state index in [-0.39, 0.29) is 50.5 Å². The Kier molecular flexibility index (Phi) is 35.2.